The van der Waals surface area contributed by atoms with Crippen molar-refractivity contribution in [1.82, 2.24) is 19.5 Å². The van der Waals surface area contributed by atoms with Crippen LogP contribution in [0.3, 0.4) is 0 Å². The minimum Gasteiger partial charge on any atom is -0.477 e. The van der Waals surface area contributed by atoms with Gasteiger partial charge in [0.25, 0.3) is 0 Å². The van der Waals surface area contributed by atoms with Crippen molar-refractivity contribution in [2.45, 2.75) is 20.3 Å². The molecule has 0 aliphatic heterocycles. The molecule has 0 bridgehead atoms. The number of halogens is 1. The topological polar surface area (TPSA) is 42.7 Å². The summed E-state index contributed by atoms with van der Waals surface area (Å²) in [4.78, 5) is 6.78. The summed E-state index contributed by atoms with van der Waals surface area (Å²) in [5, 5.41) is 5.25. The number of benzene rings is 1. The zero-order chi connectivity index (χ0) is 17.6. The average molecular weight is 359 g/mol. The molecule has 3 rings (SSSR count). The van der Waals surface area contributed by atoms with Crippen LogP contribution < -0.4 is 4.74 Å². The van der Waals surface area contributed by atoms with Crippen LogP contribution in [0.15, 0.2) is 42.6 Å². The van der Waals surface area contributed by atoms with Gasteiger partial charge >= 0.3 is 0 Å². The molecule has 5 nitrogen and oxygen atoms in total. The number of fused-ring (bicyclic) bond motifs is 1. The maximum Gasteiger partial charge on any atom is 0.231 e. The summed E-state index contributed by atoms with van der Waals surface area (Å²) in [5.41, 5.74) is 2.53. The van der Waals surface area contributed by atoms with Crippen LogP contribution >= 0.6 is 11.6 Å². The predicted octanol–water partition coefficient (Wildman–Crippen LogP) is 4.16. The Kier molecular flexibility index (Phi) is 5.89. The van der Waals surface area contributed by atoms with Crippen molar-refractivity contribution in [1.29, 1.82) is 0 Å². The molecule has 3 aromatic rings. The molecule has 0 saturated carbocycles. The molecule has 25 heavy (non-hydrogen) atoms. The van der Waals surface area contributed by atoms with E-state index in [1.807, 2.05) is 36.4 Å². The van der Waals surface area contributed by atoms with Crippen molar-refractivity contribution >= 4 is 17.2 Å². The number of ether oxygens (including phenoxy) is 1. The molecule has 0 fully saturated rings. The Balaban J connectivity index is 1.74. The minimum absolute atomic E-state index is 0.596. The second kappa shape index (κ2) is 8.32. The van der Waals surface area contributed by atoms with E-state index in [0.29, 0.717) is 17.5 Å². The van der Waals surface area contributed by atoms with Crippen molar-refractivity contribution in [3.05, 3.63) is 47.6 Å². The van der Waals surface area contributed by atoms with E-state index in [9.17, 15) is 0 Å². The number of aromatic nitrogens is 3. The van der Waals surface area contributed by atoms with Crippen molar-refractivity contribution in [3.8, 4) is 17.1 Å². The molecule has 0 amide bonds. The smallest absolute Gasteiger partial charge is 0.231 e. The summed E-state index contributed by atoms with van der Waals surface area (Å²) in [5.74, 6) is 0.596. The lowest BCUT2D eigenvalue weighted by atomic mass is 10.2. The van der Waals surface area contributed by atoms with Crippen LogP contribution in [0.5, 0.6) is 5.88 Å². The first-order valence-electron chi connectivity index (χ1n) is 8.67. The second-order valence-electron chi connectivity index (χ2n) is 5.79. The first-order chi connectivity index (χ1) is 12.2. The monoisotopic (exact) mass is 358 g/mol. The van der Waals surface area contributed by atoms with Crippen LogP contribution in [-0.4, -0.2) is 45.7 Å². The van der Waals surface area contributed by atoms with E-state index in [-0.39, 0.29) is 0 Å². The fourth-order valence-electron chi connectivity index (χ4n) is 2.79. The van der Waals surface area contributed by atoms with Crippen LogP contribution in [-0.2, 0) is 0 Å². The fraction of sp³-hybridized carbons (Fsp3) is 0.368. The van der Waals surface area contributed by atoms with E-state index in [0.717, 1.165) is 43.0 Å². The van der Waals surface area contributed by atoms with Gasteiger partial charge in [0.2, 0.25) is 5.88 Å². The van der Waals surface area contributed by atoms with Crippen molar-refractivity contribution in [3.63, 3.8) is 0 Å². The van der Waals surface area contributed by atoms with E-state index >= 15 is 0 Å². The number of imidazole rings is 1. The molecular weight excluding hydrogens is 336 g/mol. The van der Waals surface area contributed by atoms with Gasteiger partial charge in [-0.05, 0) is 31.6 Å². The van der Waals surface area contributed by atoms with E-state index in [1.54, 1.807) is 10.7 Å². The zero-order valence-corrected chi connectivity index (χ0v) is 15.4. The fourth-order valence-corrected chi connectivity index (χ4v) is 3.02. The van der Waals surface area contributed by atoms with Crippen LogP contribution in [0.2, 0.25) is 5.02 Å². The highest BCUT2D eigenvalue weighted by atomic mass is 35.5. The molecule has 2 heterocycles. The van der Waals surface area contributed by atoms with Gasteiger partial charge in [0.15, 0.2) is 5.65 Å². The van der Waals surface area contributed by atoms with Crippen LogP contribution in [0.1, 0.15) is 20.3 Å². The summed E-state index contributed by atoms with van der Waals surface area (Å²) in [6.07, 6.45) is 2.76. The van der Waals surface area contributed by atoms with Gasteiger partial charge in [0.1, 0.15) is 0 Å². The highest BCUT2D eigenvalue weighted by molar-refractivity contribution is 6.33. The zero-order valence-electron chi connectivity index (χ0n) is 14.7. The first kappa shape index (κ1) is 17.7. The van der Waals surface area contributed by atoms with E-state index in [2.05, 4.69) is 28.8 Å². The molecule has 0 saturated heterocycles. The van der Waals surface area contributed by atoms with Gasteiger partial charge in [0, 0.05) is 18.2 Å². The Morgan fingerprint density at radius 1 is 1.12 bits per heavy atom. The lowest BCUT2D eigenvalue weighted by Crippen LogP contribution is -2.25. The maximum absolute atomic E-state index is 6.31. The van der Waals surface area contributed by atoms with Gasteiger partial charge in [-0.2, -0.15) is 0 Å². The highest BCUT2D eigenvalue weighted by Gasteiger charge is 2.11. The maximum atomic E-state index is 6.31. The Morgan fingerprint density at radius 3 is 2.68 bits per heavy atom. The second-order valence-corrected chi connectivity index (χ2v) is 6.20. The Morgan fingerprint density at radius 2 is 1.92 bits per heavy atom. The van der Waals surface area contributed by atoms with Gasteiger partial charge in [0.05, 0.1) is 23.5 Å². The van der Waals surface area contributed by atoms with Crippen molar-refractivity contribution < 1.29 is 4.74 Å². The number of hydrogen-bond acceptors (Lipinski definition) is 4. The molecule has 0 atom stereocenters. The molecule has 1 aromatic carbocycles. The summed E-state index contributed by atoms with van der Waals surface area (Å²) < 4.78 is 7.60. The standard InChI is InChI=1S/C19H23ClN4O/c1-3-23(4-2)12-7-13-25-19-11-10-18-21-14-17(24(18)22-19)15-8-5-6-9-16(15)20/h5-6,8-11,14H,3-4,7,12-13H2,1-2H3. The van der Waals surface area contributed by atoms with Gasteiger partial charge in [-0.3, -0.25) is 0 Å². The van der Waals surface area contributed by atoms with Gasteiger partial charge in [-0.25, -0.2) is 9.50 Å². The lowest BCUT2D eigenvalue weighted by Gasteiger charge is -2.17. The molecule has 0 radical (unpaired) electrons. The molecule has 0 aliphatic carbocycles. The van der Waals surface area contributed by atoms with Crippen LogP contribution in [0.25, 0.3) is 16.9 Å². The van der Waals surface area contributed by atoms with Gasteiger partial charge in [-0.1, -0.05) is 43.6 Å². The minimum atomic E-state index is 0.596. The molecule has 0 N–H and O–H groups in total. The number of rotatable bonds is 8. The molecule has 0 aliphatic rings. The third-order valence-corrected chi connectivity index (χ3v) is 4.58. The van der Waals surface area contributed by atoms with E-state index < -0.39 is 0 Å². The Labute approximate surface area is 153 Å². The van der Waals surface area contributed by atoms with Crippen molar-refractivity contribution in [2.75, 3.05) is 26.2 Å². The quantitative estimate of drug-likeness (QED) is 0.567. The Bertz CT molecular complexity index is 829. The summed E-state index contributed by atoms with van der Waals surface area (Å²) >= 11 is 6.31. The first-order valence-corrected chi connectivity index (χ1v) is 9.05. The number of hydrogen-bond donors (Lipinski definition) is 0. The van der Waals surface area contributed by atoms with Crippen LogP contribution in [0.4, 0.5) is 0 Å². The molecule has 6 heteroatoms. The van der Waals surface area contributed by atoms with Gasteiger partial charge in [-0.15, -0.1) is 5.10 Å². The van der Waals surface area contributed by atoms with E-state index in [1.165, 1.54) is 0 Å². The lowest BCUT2D eigenvalue weighted by molar-refractivity contribution is 0.242. The van der Waals surface area contributed by atoms with Crippen molar-refractivity contribution in [2.24, 2.45) is 0 Å². The highest BCUT2D eigenvalue weighted by Crippen LogP contribution is 2.28. The third kappa shape index (κ3) is 4.11. The summed E-state index contributed by atoms with van der Waals surface area (Å²) in [6, 6.07) is 11.5. The SMILES string of the molecule is CCN(CC)CCCOc1ccc2ncc(-c3ccccc3Cl)n2n1. The summed E-state index contributed by atoms with van der Waals surface area (Å²) in [6.45, 7) is 8.16. The average Bonchev–Trinajstić information content (AvgIpc) is 3.05. The Hall–Kier alpha value is -2.11. The molecule has 132 valence electrons. The van der Waals surface area contributed by atoms with Crippen LogP contribution in [0, 0.1) is 0 Å². The molecular formula is C19H23ClN4O. The van der Waals surface area contributed by atoms with E-state index in [4.69, 9.17) is 16.3 Å². The third-order valence-electron chi connectivity index (χ3n) is 4.25. The normalized spacial score (nSPS) is 11.4. The molecule has 0 unspecified atom stereocenters. The summed E-state index contributed by atoms with van der Waals surface area (Å²) in [7, 11) is 0. The largest absolute Gasteiger partial charge is 0.477 e. The molecule has 2 aromatic heterocycles. The number of nitrogens with zero attached hydrogens (tertiary/aromatic N) is 4. The molecule has 0 spiro atoms. The van der Waals surface area contributed by atoms with Gasteiger partial charge < -0.3 is 9.64 Å². The predicted molar refractivity (Wildman–Crippen MR) is 101 cm³/mol.